The highest BCUT2D eigenvalue weighted by atomic mass is 19.1. The zero-order chi connectivity index (χ0) is 22.4. The summed E-state index contributed by atoms with van der Waals surface area (Å²) in [5.74, 6) is -0.00600. The predicted molar refractivity (Wildman–Crippen MR) is 117 cm³/mol. The number of methoxy groups -OCH3 is 1. The van der Waals surface area contributed by atoms with Gasteiger partial charge in [0.25, 0.3) is 0 Å². The number of benzene rings is 2. The topological polar surface area (TPSA) is 87.2 Å². The van der Waals surface area contributed by atoms with Crippen molar-refractivity contribution in [3.05, 3.63) is 69.3 Å². The molecule has 0 fully saturated rings. The van der Waals surface area contributed by atoms with Crippen LogP contribution in [-0.2, 0) is 22.4 Å². The molecule has 0 spiro atoms. The van der Waals surface area contributed by atoms with Crippen LogP contribution in [-0.4, -0.2) is 46.1 Å². The van der Waals surface area contributed by atoms with Crippen molar-refractivity contribution >= 4 is 16.7 Å². The zero-order valence-electron chi connectivity index (χ0n) is 17.9. The van der Waals surface area contributed by atoms with E-state index in [0.29, 0.717) is 42.2 Å². The van der Waals surface area contributed by atoms with Gasteiger partial charge in [-0.05, 0) is 43.4 Å². The number of anilines is 1. The lowest BCUT2D eigenvalue weighted by atomic mass is 9.97. The first-order valence-electron chi connectivity index (χ1n) is 9.86. The number of hydrogen-bond acceptors (Lipinski definition) is 7. The van der Waals surface area contributed by atoms with Crippen LogP contribution in [0.25, 0.3) is 11.0 Å². The van der Waals surface area contributed by atoms with E-state index in [1.165, 1.54) is 6.07 Å². The normalized spacial score (nSPS) is 11.4. The number of fused-ring (bicyclic) bond motifs is 1. The molecule has 3 rings (SSSR count). The van der Waals surface area contributed by atoms with E-state index in [1.807, 2.05) is 25.1 Å². The first-order chi connectivity index (χ1) is 14.9. The zero-order valence-corrected chi connectivity index (χ0v) is 17.9. The Morgan fingerprint density at radius 2 is 1.94 bits per heavy atom. The van der Waals surface area contributed by atoms with Crippen molar-refractivity contribution in [2.45, 2.75) is 13.0 Å². The number of nitrogens with zero attached hydrogens (tertiary/aromatic N) is 1. The maximum absolute atomic E-state index is 14.5. The molecule has 0 aliphatic heterocycles. The maximum Gasteiger partial charge on any atom is 0.340 e. The largest absolute Gasteiger partial charge is 0.467 e. The molecule has 0 saturated carbocycles. The fourth-order valence-electron chi connectivity index (χ4n) is 3.29. The van der Waals surface area contributed by atoms with E-state index in [1.54, 1.807) is 31.4 Å². The van der Waals surface area contributed by atoms with Crippen molar-refractivity contribution in [1.29, 1.82) is 0 Å². The van der Waals surface area contributed by atoms with E-state index in [-0.39, 0.29) is 18.9 Å². The summed E-state index contributed by atoms with van der Waals surface area (Å²) in [6, 6.07) is 10.0. The van der Waals surface area contributed by atoms with Crippen LogP contribution in [0, 0.1) is 5.82 Å². The molecular formula is C23H27FN2O5. The minimum Gasteiger partial charge on any atom is -0.467 e. The molecule has 0 amide bonds. The maximum atomic E-state index is 14.5. The van der Waals surface area contributed by atoms with Crippen molar-refractivity contribution in [2.24, 2.45) is 0 Å². The van der Waals surface area contributed by atoms with Gasteiger partial charge >= 0.3 is 5.63 Å². The Hall–Kier alpha value is -2.94. The fraction of sp³-hybridized carbons (Fsp3) is 0.348. The van der Waals surface area contributed by atoms with Gasteiger partial charge in [-0.3, -0.25) is 0 Å². The molecule has 8 heteroatoms. The van der Waals surface area contributed by atoms with Crippen molar-refractivity contribution in [1.82, 2.24) is 4.90 Å². The minimum absolute atomic E-state index is 0.0475. The predicted octanol–water partition coefficient (Wildman–Crippen LogP) is 3.17. The number of rotatable bonds is 10. The van der Waals surface area contributed by atoms with E-state index in [0.717, 1.165) is 10.9 Å². The molecule has 3 aromatic rings. The van der Waals surface area contributed by atoms with Crippen molar-refractivity contribution in [2.75, 3.05) is 46.9 Å². The van der Waals surface area contributed by atoms with E-state index in [2.05, 4.69) is 0 Å². The Kier molecular flexibility index (Phi) is 7.62. The van der Waals surface area contributed by atoms with Crippen molar-refractivity contribution in [3.63, 3.8) is 0 Å². The minimum atomic E-state index is -0.518. The lowest BCUT2D eigenvalue weighted by Gasteiger charge is -2.17. The molecule has 166 valence electrons. The van der Waals surface area contributed by atoms with Gasteiger partial charge in [0.2, 0.25) is 0 Å². The standard InChI is InChI=1S/C23H27FN2O5/c1-26(2)13-19-17-8-7-16(30-14-29-10-9-28-3)12-21(17)31-23(27)18(19)11-15-5-4-6-20(25)22(15)24/h4-8,12H,9-11,13-14,25H2,1-3H3. The molecule has 7 nitrogen and oxygen atoms in total. The lowest BCUT2D eigenvalue weighted by Crippen LogP contribution is -2.19. The van der Waals surface area contributed by atoms with E-state index in [4.69, 9.17) is 24.4 Å². The summed E-state index contributed by atoms with van der Waals surface area (Å²) in [7, 11) is 5.40. The molecule has 2 N–H and O–H groups in total. The van der Waals surface area contributed by atoms with Gasteiger partial charge in [0.1, 0.15) is 17.1 Å². The van der Waals surface area contributed by atoms with Crippen LogP contribution in [0.2, 0.25) is 0 Å². The molecule has 1 aromatic heterocycles. The third kappa shape index (κ3) is 5.61. The third-order valence-electron chi connectivity index (χ3n) is 4.78. The fourth-order valence-corrected chi connectivity index (χ4v) is 3.29. The number of hydrogen-bond donors (Lipinski definition) is 1. The first-order valence-corrected chi connectivity index (χ1v) is 9.86. The summed E-state index contributed by atoms with van der Waals surface area (Å²) in [6.07, 6.45) is 0.0872. The van der Waals surface area contributed by atoms with Crippen molar-refractivity contribution < 1.29 is 23.0 Å². The second kappa shape index (κ2) is 10.4. The van der Waals surface area contributed by atoms with Crippen LogP contribution in [0.3, 0.4) is 0 Å². The van der Waals surface area contributed by atoms with Gasteiger partial charge < -0.3 is 29.3 Å². The summed E-state index contributed by atoms with van der Waals surface area (Å²) in [5, 5.41) is 0.764. The van der Waals surface area contributed by atoms with Gasteiger partial charge in [0, 0.05) is 37.1 Å². The Balaban J connectivity index is 1.97. The van der Waals surface area contributed by atoms with Gasteiger partial charge in [0.05, 0.1) is 18.9 Å². The number of halogens is 1. The Morgan fingerprint density at radius 1 is 1.13 bits per heavy atom. The average molecular weight is 430 g/mol. The molecule has 0 saturated heterocycles. The van der Waals surface area contributed by atoms with Crippen LogP contribution in [0.1, 0.15) is 16.7 Å². The molecule has 0 atom stereocenters. The molecule has 0 aliphatic carbocycles. The summed E-state index contributed by atoms with van der Waals surface area (Å²) < 4.78 is 35.8. The molecule has 0 bridgehead atoms. The number of nitrogen functional groups attached to an aromatic ring is 1. The Morgan fingerprint density at radius 3 is 2.68 bits per heavy atom. The van der Waals surface area contributed by atoms with Crippen LogP contribution < -0.4 is 16.1 Å². The van der Waals surface area contributed by atoms with Crippen LogP contribution in [0.4, 0.5) is 10.1 Å². The molecule has 0 aliphatic rings. The second-order valence-corrected chi connectivity index (χ2v) is 7.40. The summed E-state index contributed by atoms with van der Waals surface area (Å²) >= 11 is 0. The summed E-state index contributed by atoms with van der Waals surface area (Å²) in [6.45, 7) is 1.43. The highest BCUT2D eigenvalue weighted by Gasteiger charge is 2.18. The molecule has 0 unspecified atom stereocenters. The highest BCUT2D eigenvalue weighted by Crippen LogP contribution is 2.27. The monoisotopic (exact) mass is 430 g/mol. The van der Waals surface area contributed by atoms with Gasteiger partial charge in [-0.2, -0.15) is 0 Å². The lowest BCUT2D eigenvalue weighted by molar-refractivity contribution is -0.00844. The average Bonchev–Trinajstić information content (AvgIpc) is 2.73. The quantitative estimate of drug-likeness (QED) is 0.229. The molecule has 1 heterocycles. The van der Waals surface area contributed by atoms with Gasteiger partial charge in [-0.15, -0.1) is 0 Å². The second-order valence-electron chi connectivity index (χ2n) is 7.40. The summed E-state index contributed by atoms with van der Waals surface area (Å²) in [5.41, 5.74) is 7.15. The SMILES string of the molecule is COCCOCOc1ccc2c(CN(C)C)c(Cc3cccc(N)c3F)c(=O)oc2c1. The Labute approximate surface area is 180 Å². The molecule has 2 aromatic carbocycles. The third-order valence-corrected chi connectivity index (χ3v) is 4.78. The van der Waals surface area contributed by atoms with E-state index in [9.17, 15) is 9.18 Å². The van der Waals surface area contributed by atoms with E-state index < -0.39 is 11.4 Å². The van der Waals surface area contributed by atoms with Crippen LogP contribution >= 0.6 is 0 Å². The smallest absolute Gasteiger partial charge is 0.340 e. The van der Waals surface area contributed by atoms with Gasteiger partial charge in [-0.25, -0.2) is 9.18 Å². The van der Waals surface area contributed by atoms with E-state index >= 15 is 0 Å². The number of nitrogens with two attached hydrogens (primary N) is 1. The van der Waals surface area contributed by atoms with Crippen LogP contribution in [0.5, 0.6) is 5.75 Å². The van der Waals surface area contributed by atoms with Crippen molar-refractivity contribution in [3.8, 4) is 5.75 Å². The first kappa shape index (κ1) is 22.7. The van der Waals surface area contributed by atoms with Gasteiger partial charge in [0.15, 0.2) is 6.79 Å². The molecule has 0 radical (unpaired) electrons. The number of ether oxygens (including phenoxy) is 3. The molecular weight excluding hydrogens is 403 g/mol. The van der Waals surface area contributed by atoms with Crippen LogP contribution in [0.15, 0.2) is 45.6 Å². The van der Waals surface area contributed by atoms with Gasteiger partial charge in [-0.1, -0.05) is 12.1 Å². The Bertz CT molecular complexity index is 1100. The molecule has 31 heavy (non-hydrogen) atoms. The highest BCUT2D eigenvalue weighted by molar-refractivity contribution is 5.82. The summed E-state index contributed by atoms with van der Waals surface area (Å²) in [4.78, 5) is 14.8.